The molecule has 3 rings (SSSR count). The van der Waals surface area contributed by atoms with Gasteiger partial charge in [0.15, 0.2) is 6.10 Å². The van der Waals surface area contributed by atoms with Crippen molar-refractivity contribution in [1.29, 1.82) is 0 Å². The highest BCUT2D eigenvalue weighted by molar-refractivity contribution is 8.00. The molecule has 1 aromatic rings. The van der Waals surface area contributed by atoms with E-state index < -0.39 is 12.1 Å². The molecule has 1 N–H and O–H groups in total. The summed E-state index contributed by atoms with van der Waals surface area (Å²) < 4.78 is 10.3. The van der Waals surface area contributed by atoms with Crippen LogP contribution in [0.3, 0.4) is 0 Å². The maximum absolute atomic E-state index is 12.8. The van der Waals surface area contributed by atoms with E-state index in [1.54, 1.807) is 12.1 Å². The fourth-order valence-electron chi connectivity index (χ4n) is 2.92. The van der Waals surface area contributed by atoms with E-state index in [0.29, 0.717) is 16.3 Å². The van der Waals surface area contributed by atoms with Crippen molar-refractivity contribution < 1.29 is 23.9 Å². The number of esters is 1. The van der Waals surface area contributed by atoms with E-state index in [4.69, 9.17) is 21.1 Å². The molecule has 144 valence electrons. The molecule has 7 nitrogen and oxygen atoms in total. The van der Waals surface area contributed by atoms with Crippen LogP contribution in [0.15, 0.2) is 35.5 Å². The average molecular weight is 411 g/mol. The predicted molar refractivity (Wildman–Crippen MR) is 101 cm³/mol. The first-order valence-corrected chi connectivity index (χ1v) is 9.70. The number of rotatable bonds is 6. The van der Waals surface area contributed by atoms with Crippen LogP contribution in [0.2, 0.25) is 5.02 Å². The van der Waals surface area contributed by atoms with Gasteiger partial charge in [-0.25, -0.2) is 0 Å². The molecule has 2 aliphatic heterocycles. The molecule has 2 amide bonds. The zero-order valence-electron chi connectivity index (χ0n) is 14.9. The van der Waals surface area contributed by atoms with Crippen LogP contribution < -0.4 is 5.32 Å². The Morgan fingerprint density at radius 3 is 2.67 bits per heavy atom. The Balaban J connectivity index is 1.78. The van der Waals surface area contributed by atoms with Gasteiger partial charge in [-0.3, -0.25) is 19.3 Å². The number of benzene rings is 1. The minimum Gasteiger partial charge on any atom is -0.461 e. The molecule has 0 radical (unpaired) electrons. The van der Waals surface area contributed by atoms with Crippen LogP contribution in [0.1, 0.15) is 12.5 Å². The molecule has 0 spiro atoms. The van der Waals surface area contributed by atoms with Gasteiger partial charge in [0.05, 0.1) is 0 Å². The summed E-state index contributed by atoms with van der Waals surface area (Å²) in [6.45, 7) is 1.56. The van der Waals surface area contributed by atoms with Crippen LogP contribution in [-0.4, -0.2) is 53.6 Å². The first-order chi connectivity index (χ1) is 12.9. The summed E-state index contributed by atoms with van der Waals surface area (Å²) >= 11 is 7.35. The van der Waals surface area contributed by atoms with Gasteiger partial charge in [-0.15, -0.1) is 11.8 Å². The number of nitrogens with one attached hydrogen (secondary N) is 1. The third kappa shape index (κ3) is 4.12. The van der Waals surface area contributed by atoms with Gasteiger partial charge in [0, 0.05) is 36.9 Å². The molecule has 1 aromatic carbocycles. The van der Waals surface area contributed by atoms with Crippen molar-refractivity contribution in [3.05, 3.63) is 46.1 Å². The van der Waals surface area contributed by atoms with E-state index in [1.165, 1.54) is 30.7 Å². The molecule has 9 heteroatoms. The van der Waals surface area contributed by atoms with E-state index in [2.05, 4.69) is 5.32 Å². The quantitative estimate of drug-likeness (QED) is 0.567. The average Bonchev–Trinajstić information content (AvgIpc) is 2.65. The van der Waals surface area contributed by atoms with Crippen molar-refractivity contribution in [2.24, 2.45) is 0 Å². The second-order valence-electron chi connectivity index (χ2n) is 6.11. The van der Waals surface area contributed by atoms with Crippen LogP contribution in [0.5, 0.6) is 0 Å². The lowest BCUT2D eigenvalue weighted by molar-refractivity contribution is -0.160. The third-order valence-corrected chi connectivity index (χ3v) is 5.85. The minimum atomic E-state index is -0.565. The van der Waals surface area contributed by atoms with Crippen LogP contribution in [0.25, 0.3) is 0 Å². The molecule has 0 unspecified atom stereocenters. The van der Waals surface area contributed by atoms with Gasteiger partial charge < -0.3 is 14.8 Å². The maximum atomic E-state index is 12.8. The molecule has 27 heavy (non-hydrogen) atoms. The first kappa shape index (κ1) is 19.7. The second kappa shape index (κ2) is 8.33. The van der Waals surface area contributed by atoms with Crippen molar-refractivity contribution in [2.75, 3.05) is 19.5 Å². The number of methoxy groups -OCH3 is 1. The number of amides is 2. The molecule has 2 atom stereocenters. The topological polar surface area (TPSA) is 84.9 Å². The first-order valence-electron chi connectivity index (χ1n) is 8.28. The Bertz CT molecular complexity index is 795. The van der Waals surface area contributed by atoms with Gasteiger partial charge in [0.1, 0.15) is 17.7 Å². The van der Waals surface area contributed by atoms with Gasteiger partial charge in [-0.1, -0.05) is 23.7 Å². The molecule has 0 saturated carbocycles. The van der Waals surface area contributed by atoms with Gasteiger partial charge in [0.2, 0.25) is 0 Å². The predicted octanol–water partition coefficient (Wildman–Crippen LogP) is 1.70. The number of carbonyl (C=O) groups is 3. The van der Waals surface area contributed by atoms with E-state index >= 15 is 0 Å². The van der Waals surface area contributed by atoms with E-state index in [0.717, 1.165) is 5.56 Å². The highest BCUT2D eigenvalue weighted by Gasteiger charge is 2.53. The van der Waals surface area contributed by atoms with Gasteiger partial charge in [-0.05, 0) is 17.7 Å². The van der Waals surface area contributed by atoms with Crippen molar-refractivity contribution in [1.82, 2.24) is 10.2 Å². The smallest absolute Gasteiger partial charge is 0.302 e. The van der Waals surface area contributed by atoms with Gasteiger partial charge >= 0.3 is 5.97 Å². The summed E-state index contributed by atoms with van der Waals surface area (Å²) in [4.78, 5) is 37.8. The summed E-state index contributed by atoms with van der Waals surface area (Å²) in [5.74, 6) is -0.627. The lowest BCUT2D eigenvalue weighted by atomic mass is 10.0. The molecule has 0 aliphatic carbocycles. The molecule has 2 heterocycles. The largest absolute Gasteiger partial charge is 0.461 e. The Labute approximate surface area is 166 Å². The standard InChI is InChI=1S/C18H19ClN2O5S/c1-10(22)26-8-12-9-27-18-15(25-2)17(24)21(18)14(12)16(23)20-7-11-3-5-13(19)6-4-11/h3-6,15,18H,7-9H2,1-2H3,(H,20,23)/t15-,18+/m0/s1. The second-order valence-corrected chi connectivity index (χ2v) is 7.65. The molecule has 0 aromatic heterocycles. The zero-order chi connectivity index (χ0) is 19.6. The lowest BCUT2D eigenvalue weighted by Gasteiger charge is -2.49. The van der Waals surface area contributed by atoms with Crippen LogP contribution in [-0.2, 0) is 30.4 Å². The summed E-state index contributed by atoms with van der Waals surface area (Å²) in [6, 6.07) is 7.10. The zero-order valence-corrected chi connectivity index (χ0v) is 16.4. The molecular weight excluding hydrogens is 392 g/mol. The fourth-order valence-corrected chi connectivity index (χ4v) is 4.39. The normalized spacial score (nSPS) is 21.4. The number of hydrogen-bond donors (Lipinski definition) is 1. The summed E-state index contributed by atoms with van der Waals surface area (Å²) in [5, 5.41) is 3.18. The van der Waals surface area contributed by atoms with Crippen LogP contribution in [0, 0.1) is 0 Å². The summed E-state index contributed by atoms with van der Waals surface area (Å²) in [5.41, 5.74) is 1.72. The maximum Gasteiger partial charge on any atom is 0.302 e. The van der Waals surface area contributed by atoms with E-state index in [9.17, 15) is 14.4 Å². The van der Waals surface area contributed by atoms with Gasteiger partial charge in [0.25, 0.3) is 11.8 Å². The monoisotopic (exact) mass is 410 g/mol. The minimum absolute atomic E-state index is 0.0276. The van der Waals surface area contributed by atoms with E-state index in [1.807, 2.05) is 12.1 Å². The Hall–Kier alpha value is -2.03. The number of halogens is 1. The van der Waals surface area contributed by atoms with Crippen LogP contribution >= 0.6 is 23.4 Å². The summed E-state index contributed by atoms with van der Waals surface area (Å²) in [7, 11) is 1.47. The number of carbonyl (C=O) groups excluding carboxylic acids is 3. The lowest BCUT2D eigenvalue weighted by Crippen LogP contribution is -2.66. The van der Waals surface area contributed by atoms with E-state index in [-0.39, 0.29) is 36.0 Å². The van der Waals surface area contributed by atoms with Crippen molar-refractivity contribution in [3.8, 4) is 0 Å². The number of hydrogen-bond acceptors (Lipinski definition) is 6. The van der Waals surface area contributed by atoms with Crippen molar-refractivity contribution in [3.63, 3.8) is 0 Å². The Morgan fingerprint density at radius 1 is 1.33 bits per heavy atom. The highest BCUT2D eigenvalue weighted by Crippen LogP contribution is 2.41. The number of thioether (sulfide) groups is 1. The van der Waals surface area contributed by atoms with Crippen LogP contribution in [0.4, 0.5) is 0 Å². The molecule has 1 fully saturated rings. The number of fused-ring (bicyclic) bond motifs is 1. The molecule has 1 saturated heterocycles. The molecule has 0 bridgehead atoms. The Morgan fingerprint density at radius 2 is 2.04 bits per heavy atom. The van der Waals surface area contributed by atoms with Crippen molar-refractivity contribution in [2.45, 2.75) is 24.9 Å². The Kier molecular flexibility index (Phi) is 6.08. The highest BCUT2D eigenvalue weighted by atomic mass is 35.5. The summed E-state index contributed by atoms with van der Waals surface area (Å²) in [6.07, 6.45) is -0.565. The van der Waals surface area contributed by atoms with Gasteiger partial charge in [-0.2, -0.15) is 0 Å². The number of nitrogens with zero attached hydrogens (tertiary/aromatic N) is 1. The molecule has 2 aliphatic rings. The fraction of sp³-hybridized carbons (Fsp3) is 0.389. The number of β-lactam (4-membered cyclic amide) rings is 1. The van der Waals surface area contributed by atoms with Crippen molar-refractivity contribution >= 4 is 41.1 Å². The number of ether oxygens (including phenoxy) is 2. The molecular formula is C18H19ClN2O5S. The third-order valence-electron chi connectivity index (χ3n) is 4.28. The SMILES string of the molecule is CO[C@H]1C(=O)N2C(C(=O)NCc3ccc(Cl)cc3)=C(COC(C)=O)CS[C@H]12.